The van der Waals surface area contributed by atoms with Gasteiger partial charge in [0.1, 0.15) is 23.1 Å². The van der Waals surface area contributed by atoms with Crippen LogP contribution in [0.2, 0.25) is 0 Å². The zero-order chi connectivity index (χ0) is 18.8. The Hall–Kier alpha value is -2.67. The molecule has 1 aromatic heterocycles. The summed E-state index contributed by atoms with van der Waals surface area (Å²) in [5, 5.41) is 3.38. The summed E-state index contributed by atoms with van der Waals surface area (Å²) in [6, 6.07) is 11.3. The highest BCUT2D eigenvalue weighted by Gasteiger charge is 2.22. The topological polar surface area (TPSA) is 73.6 Å². The second-order valence-corrected chi connectivity index (χ2v) is 7.23. The zero-order valence-electron chi connectivity index (χ0n) is 15.2. The maximum Gasteiger partial charge on any atom is 0.257 e. The molecule has 7 heteroatoms. The number of ether oxygens (including phenoxy) is 2. The number of nitrogens with one attached hydrogen (secondary N) is 1. The lowest BCUT2D eigenvalue weighted by Gasteiger charge is -2.13. The minimum Gasteiger partial charge on any atom is -0.492 e. The van der Waals surface area contributed by atoms with E-state index in [0.717, 1.165) is 23.3 Å². The molecular weight excluding hydrogens is 364 g/mol. The molecule has 3 aromatic rings. The van der Waals surface area contributed by atoms with Crippen LogP contribution in [-0.2, 0) is 11.2 Å². The van der Waals surface area contributed by atoms with Crippen molar-refractivity contribution < 1.29 is 18.7 Å². The average molecular weight is 384 g/mol. The second-order valence-electron chi connectivity index (χ2n) is 6.31. The molecule has 140 valence electrons. The first-order chi connectivity index (χ1) is 13.1. The van der Waals surface area contributed by atoms with E-state index in [2.05, 4.69) is 10.3 Å². The van der Waals surface area contributed by atoms with Crippen LogP contribution >= 0.6 is 11.8 Å². The maximum atomic E-state index is 12.4. The molecule has 0 spiro atoms. The number of hydrogen-bond donors (Lipinski definition) is 1. The second kappa shape index (κ2) is 7.52. The van der Waals surface area contributed by atoms with Crippen molar-refractivity contribution in [2.75, 3.05) is 17.7 Å². The molecule has 0 saturated heterocycles. The van der Waals surface area contributed by atoms with Crippen LogP contribution in [0.15, 0.2) is 46.0 Å². The third-order valence-corrected chi connectivity index (χ3v) is 5.00. The van der Waals surface area contributed by atoms with Crippen LogP contribution in [0.5, 0.6) is 11.5 Å². The molecule has 1 atom stereocenters. The lowest BCUT2D eigenvalue weighted by atomic mass is 10.1. The Morgan fingerprint density at radius 3 is 3.04 bits per heavy atom. The number of oxazole rings is 1. The fourth-order valence-corrected chi connectivity index (χ4v) is 3.68. The van der Waals surface area contributed by atoms with Crippen LogP contribution in [0.1, 0.15) is 19.4 Å². The van der Waals surface area contributed by atoms with E-state index in [1.807, 2.05) is 50.2 Å². The van der Waals surface area contributed by atoms with Gasteiger partial charge < -0.3 is 19.2 Å². The summed E-state index contributed by atoms with van der Waals surface area (Å²) in [7, 11) is 0. The standard InChI is InChI=1S/C20H20N2O4S/c1-3-24-18-9-13-8-12(2)25-17(13)10-15(18)21-19(23)11-27-20-22-14-6-4-5-7-16(14)26-20/h4-7,9-10,12H,3,8,11H2,1-2H3,(H,21,23)/t12-/m0/s1. The van der Waals surface area contributed by atoms with Gasteiger partial charge in [-0.1, -0.05) is 23.9 Å². The summed E-state index contributed by atoms with van der Waals surface area (Å²) in [5.74, 6) is 1.49. The quantitative estimate of drug-likeness (QED) is 0.640. The Bertz CT molecular complexity index is 952. The van der Waals surface area contributed by atoms with E-state index < -0.39 is 0 Å². The number of aromatic nitrogens is 1. The summed E-state index contributed by atoms with van der Waals surface area (Å²) in [5.41, 5.74) is 3.21. The number of fused-ring (bicyclic) bond motifs is 2. The van der Waals surface area contributed by atoms with Gasteiger partial charge in [-0.3, -0.25) is 4.79 Å². The van der Waals surface area contributed by atoms with Gasteiger partial charge in [0.15, 0.2) is 5.58 Å². The van der Waals surface area contributed by atoms with Crippen molar-refractivity contribution in [3.8, 4) is 11.5 Å². The van der Waals surface area contributed by atoms with Crippen molar-refractivity contribution in [2.45, 2.75) is 31.6 Å². The first kappa shape index (κ1) is 17.7. The molecule has 0 radical (unpaired) electrons. The van der Waals surface area contributed by atoms with Crippen molar-refractivity contribution in [3.05, 3.63) is 42.0 Å². The van der Waals surface area contributed by atoms with E-state index in [0.29, 0.717) is 28.8 Å². The normalized spacial score (nSPS) is 15.4. The average Bonchev–Trinajstić information content (AvgIpc) is 3.22. The van der Waals surface area contributed by atoms with Crippen LogP contribution in [0.3, 0.4) is 0 Å². The largest absolute Gasteiger partial charge is 0.492 e. The Kier molecular flexibility index (Phi) is 4.94. The highest BCUT2D eigenvalue weighted by molar-refractivity contribution is 7.99. The third kappa shape index (κ3) is 3.88. The molecule has 1 aliphatic rings. The molecule has 2 heterocycles. The summed E-state index contributed by atoms with van der Waals surface area (Å²) < 4.78 is 17.1. The number of carbonyl (C=O) groups excluding carboxylic acids is 1. The number of anilines is 1. The van der Waals surface area contributed by atoms with Gasteiger partial charge in [0.25, 0.3) is 5.22 Å². The van der Waals surface area contributed by atoms with E-state index in [-0.39, 0.29) is 17.8 Å². The van der Waals surface area contributed by atoms with Gasteiger partial charge in [0.2, 0.25) is 5.91 Å². The summed E-state index contributed by atoms with van der Waals surface area (Å²) in [6.45, 7) is 4.46. The number of para-hydroxylation sites is 2. The Morgan fingerprint density at radius 2 is 2.22 bits per heavy atom. The molecule has 0 bridgehead atoms. The van der Waals surface area contributed by atoms with Crippen LogP contribution in [0.4, 0.5) is 5.69 Å². The van der Waals surface area contributed by atoms with Crippen LogP contribution in [-0.4, -0.2) is 29.4 Å². The van der Waals surface area contributed by atoms with Crippen LogP contribution in [0, 0.1) is 0 Å². The van der Waals surface area contributed by atoms with Gasteiger partial charge in [0.05, 0.1) is 18.0 Å². The van der Waals surface area contributed by atoms with E-state index >= 15 is 0 Å². The predicted molar refractivity (Wildman–Crippen MR) is 105 cm³/mol. The summed E-state index contributed by atoms with van der Waals surface area (Å²) in [4.78, 5) is 16.8. The number of thioether (sulfide) groups is 1. The fraction of sp³-hybridized carbons (Fsp3) is 0.300. The SMILES string of the molecule is CCOc1cc2c(cc1NC(=O)CSc1nc3ccccc3o1)O[C@@H](C)C2. The van der Waals surface area contributed by atoms with Gasteiger partial charge >= 0.3 is 0 Å². The van der Waals surface area contributed by atoms with E-state index in [9.17, 15) is 4.79 Å². The van der Waals surface area contributed by atoms with E-state index in [1.165, 1.54) is 11.8 Å². The molecule has 1 amide bonds. The number of rotatable bonds is 6. The smallest absolute Gasteiger partial charge is 0.257 e. The number of nitrogens with zero attached hydrogens (tertiary/aromatic N) is 1. The molecule has 2 aromatic carbocycles. The van der Waals surface area contributed by atoms with Gasteiger partial charge in [-0.15, -0.1) is 0 Å². The maximum absolute atomic E-state index is 12.4. The molecule has 0 unspecified atom stereocenters. The van der Waals surface area contributed by atoms with Gasteiger partial charge in [-0.2, -0.15) is 0 Å². The lowest BCUT2D eigenvalue weighted by Crippen LogP contribution is -2.15. The van der Waals surface area contributed by atoms with Crippen LogP contribution in [0.25, 0.3) is 11.1 Å². The Balaban J connectivity index is 1.45. The number of hydrogen-bond acceptors (Lipinski definition) is 6. The molecule has 27 heavy (non-hydrogen) atoms. The lowest BCUT2D eigenvalue weighted by molar-refractivity contribution is -0.113. The van der Waals surface area contributed by atoms with Gasteiger partial charge in [0, 0.05) is 18.1 Å². The van der Waals surface area contributed by atoms with E-state index in [4.69, 9.17) is 13.9 Å². The van der Waals surface area contributed by atoms with Crippen molar-refractivity contribution in [2.24, 2.45) is 0 Å². The first-order valence-corrected chi connectivity index (χ1v) is 9.85. The summed E-state index contributed by atoms with van der Waals surface area (Å²) in [6.07, 6.45) is 0.979. The molecule has 0 fully saturated rings. The van der Waals surface area contributed by atoms with E-state index in [1.54, 1.807) is 0 Å². The molecule has 6 nitrogen and oxygen atoms in total. The number of amides is 1. The molecular formula is C20H20N2O4S. The molecule has 1 N–H and O–H groups in total. The van der Waals surface area contributed by atoms with Crippen LogP contribution < -0.4 is 14.8 Å². The monoisotopic (exact) mass is 384 g/mol. The molecule has 4 rings (SSSR count). The van der Waals surface area contributed by atoms with Gasteiger partial charge in [-0.05, 0) is 32.0 Å². The molecule has 0 saturated carbocycles. The third-order valence-electron chi connectivity index (χ3n) is 4.17. The van der Waals surface area contributed by atoms with Crippen molar-refractivity contribution in [3.63, 3.8) is 0 Å². The number of benzene rings is 2. The molecule has 1 aliphatic heterocycles. The predicted octanol–water partition coefficient (Wildman–Crippen LogP) is 4.28. The summed E-state index contributed by atoms with van der Waals surface area (Å²) >= 11 is 1.26. The van der Waals surface area contributed by atoms with Crippen molar-refractivity contribution in [1.29, 1.82) is 0 Å². The Morgan fingerprint density at radius 1 is 1.37 bits per heavy atom. The first-order valence-electron chi connectivity index (χ1n) is 8.87. The molecule has 0 aliphatic carbocycles. The van der Waals surface area contributed by atoms with Crippen molar-refractivity contribution >= 4 is 34.5 Å². The minimum atomic E-state index is -0.158. The highest BCUT2D eigenvalue weighted by atomic mass is 32.2. The minimum absolute atomic E-state index is 0.134. The van der Waals surface area contributed by atoms with Crippen molar-refractivity contribution in [1.82, 2.24) is 4.98 Å². The Labute approximate surface area is 161 Å². The number of carbonyl (C=O) groups is 1. The fourth-order valence-electron chi connectivity index (χ4n) is 3.04. The zero-order valence-corrected chi connectivity index (χ0v) is 16.0. The van der Waals surface area contributed by atoms with Gasteiger partial charge in [-0.25, -0.2) is 4.98 Å². The highest BCUT2D eigenvalue weighted by Crippen LogP contribution is 2.38.